The largest absolute Gasteiger partial charge is 0.478 e. The Morgan fingerprint density at radius 3 is 2.23 bits per heavy atom. The average Bonchev–Trinajstić information content (AvgIpc) is 3.21. The third-order valence-electron chi connectivity index (χ3n) is 5.26. The molecular weight excluding hydrogens is 328 g/mol. The van der Waals surface area contributed by atoms with Gasteiger partial charge in [0.15, 0.2) is 0 Å². The lowest BCUT2D eigenvalue weighted by Gasteiger charge is -2.32. The fourth-order valence-corrected chi connectivity index (χ4v) is 3.89. The summed E-state index contributed by atoms with van der Waals surface area (Å²) < 4.78 is 0. The number of hydrogen-bond acceptors (Lipinski definition) is 3. The maximum absolute atomic E-state index is 12.6. The Morgan fingerprint density at radius 1 is 0.846 bits per heavy atom. The quantitative estimate of drug-likeness (QED) is 0.917. The number of anilines is 2. The summed E-state index contributed by atoms with van der Waals surface area (Å²) in [5, 5.41) is 9.07. The number of fused-ring (bicyclic) bond motifs is 1. The first-order valence-corrected chi connectivity index (χ1v) is 9.16. The van der Waals surface area contributed by atoms with Gasteiger partial charge in [-0.05, 0) is 73.7 Å². The minimum atomic E-state index is -0.916. The molecule has 26 heavy (non-hydrogen) atoms. The van der Waals surface area contributed by atoms with Crippen LogP contribution in [0.15, 0.2) is 42.5 Å². The molecule has 134 valence electrons. The molecular formula is C21H22N2O3. The van der Waals surface area contributed by atoms with Gasteiger partial charge >= 0.3 is 5.97 Å². The molecule has 2 aromatic rings. The van der Waals surface area contributed by atoms with Crippen molar-refractivity contribution in [3.05, 3.63) is 59.2 Å². The predicted molar refractivity (Wildman–Crippen MR) is 100 cm³/mol. The number of carboxylic acids is 1. The van der Waals surface area contributed by atoms with Crippen molar-refractivity contribution in [3.63, 3.8) is 0 Å². The molecule has 0 radical (unpaired) electrons. The van der Waals surface area contributed by atoms with E-state index < -0.39 is 5.97 Å². The molecule has 5 nitrogen and oxygen atoms in total. The number of carbonyl (C=O) groups excluding carboxylic acids is 1. The molecule has 1 amide bonds. The minimum absolute atomic E-state index is 0.133. The molecule has 0 bridgehead atoms. The zero-order chi connectivity index (χ0) is 18.1. The number of aryl methyl sites for hydroxylation is 1. The van der Waals surface area contributed by atoms with E-state index in [9.17, 15) is 9.59 Å². The molecule has 0 aromatic heterocycles. The molecule has 0 spiro atoms. The molecule has 0 aliphatic carbocycles. The number of benzene rings is 2. The van der Waals surface area contributed by atoms with Crippen LogP contribution in [0.5, 0.6) is 0 Å². The Kier molecular flexibility index (Phi) is 4.37. The van der Waals surface area contributed by atoms with Crippen molar-refractivity contribution in [1.29, 1.82) is 0 Å². The maximum Gasteiger partial charge on any atom is 0.335 e. The highest BCUT2D eigenvalue weighted by Crippen LogP contribution is 2.34. The van der Waals surface area contributed by atoms with Gasteiger partial charge in [-0.15, -0.1) is 0 Å². The molecule has 4 rings (SSSR count). The van der Waals surface area contributed by atoms with E-state index in [-0.39, 0.29) is 11.5 Å². The van der Waals surface area contributed by atoms with Crippen molar-refractivity contribution < 1.29 is 14.7 Å². The second-order valence-electron chi connectivity index (χ2n) is 6.95. The van der Waals surface area contributed by atoms with Crippen molar-refractivity contribution >= 4 is 23.3 Å². The number of rotatable bonds is 3. The van der Waals surface area contributed by atoms with E-state index in [0.29, 0.717) is 0 Å². The van der Waals surface area contributed by atoms with Crippen LogP contribution >= 0.6 is 0 Å². The van der Waals surface area contributed by atoms with Crippen LogP contribution in [0.25, 0.3) is 0 Å². The summed E-state index contributed by atoms with van der Waals surface area (Å²) in [4.78, 5) is 27.8. The van der Waals surface area contributed by atoms with E-state index in [4.69, 9.17) is 5.11 Å². The minimum Gasteiger partial charge on any atom is -0.478 e. The third-order valence-corrected chi connectivity index (χ3v) is 5.26. The second kappa shape index (κ2) is 6.83. The predicted octanol–water partition coefficient (Wildman–Crippen LogP) is 3.71. The molecule has 2 heterocycles. The second-order valence-corrected chi connectivity index (χ2v) is 6.95. The summed E-state index contributed by atoms with van der Waals surface area (Å²) in [6.07, 6.45) is 4.16. The van der Waals surface area contributed by atoms with Crippen LogP contribution in [0.3, 0.4) is 0 Å². The highest BCUT2D eigenvalue weighted by Gasteiger charge is 2.23. The molecule has 2 aliphatic rings. The fraction of sp³-hybridized carbons (Fsp3) is 0.333. The van der Waals surface area contributed by atoms with Gasteiger partial charge in [-0.1, -0.05) is 0 Å². The molecule has 1 saturated heterocycles. The molecule has 2 aliphatic heterocycles. The SMILES string of the molecule is O=C(O)c1ccc(N2CCCc3cc(C(=O)N4CCCC4)ccc32)cc1. The van der Waals surface area contributed by atoms with Gasteiger partial charge in [-0.25, -0.2) is 4.79 Å². The summed E-state index contributed by atoms with van der Waals surface area (Å²) in [5.74, 6) is -0.783. The lowest BCUT2D eigenvalue weighted by molar-refractivity contribution is 0.0696. The van der Waals surface area contributed by atoms with Gasteiger partial charge < -0.3 is 14.9 Å². The van der Waals surface area contributed by atoms with Gasteiger partial charge in [0.1, 0.15) is 0 Å². The molecule has 0 saturated carbocycles. The normalized spacial score (nSPS) is 16.5. The van der Waals surface area contributed by atoms with Crippen molar-refractivity contribution in [2.45, 2.75) is 25.7 Å². The van der Waals surface area contributed by atoms with Crippen LogP contribution in [-0.2, 0) is 6.42 Å². The van der Waals surface area contributed by atoms with Gasteiger partial charge in [0.2, 0.25) is 0 Å². The maximum atomic E-state index is 12.6. The number of hydrogen-bond donors (Lipinski definition) is 1. The van der Waals surface area contributed by atoms with E-state index in [1.807, 2.05) is 35.2 Å². The Hall–Kier alpha value is -2.82. The molecule has 1 fully saturated rings. The number of carboxylic acid groups (broad SMARTS) is 1. The number of nitrogens with zero attached hydrogens (tertiary/aromatic N) is 2. The highest BCUT2D eigenvalue weighted by atomic mass is 16.4. The Labute approximate surface area is 152 Å². The zero-order valence-electron chi connectivity index (χ0n) is 14.6. The van der Waals surface area contributed by atoms with E-state index in [1.165, 1.54) is 5.56 Å². The van der Waals surface area contributed by atoms with Gasteiger partial charge in [0, 0.05) is 36.6 Å². The van der Waals surface area contributed by atoms with Gasteiger partial charge in [0.25, 0.3) is 5.91 Å². The molecule has 0 unspecified atom stereocenters. The summed E-state index contributed by atoms with van der Waals surface area (Å²) in [6.45, 7) is 2.61. The van der Waals surface area contributed by atoms with E-state index >= 15 is 0 Å². The highest BCUT2D eigenvalue weighted by molar-refractivity contribution is 5.95. The van der Waals surface area contributed by atoms with Gasteiger partial charge in [-0.2, -0.15) is 0 Å². The fourth-order valence-electron chi connectivity index (χ4n) is 3.89. The van der Waals surface area contributed by atoms with Crippen molar-refractivity contribution in [2.24, 2.45) is 0 Å². The first-order chi connectivity index (χ1) is 12.6. The first kappa shape index (κ1) is 16.6. The summed E-state index contributed by atoms with van der Waals surface area (Å²) >= 11 is 0. The standard InChI is InChI=1S/C21H22N2O3/c24-20(22-11-1-2-12-22)17-7-10-19-16(14-17)4-3-13-23(19)18-8-5-15(6-9-18)21(25)26/h5-10,14H,1-4,11-13H2,(H,25,26). The Bertz CT molecular complexity index is 839. The zero-order valence-corrected chi connectivity index (χ0v) is 14.6. The number of amides is 1. The average molecular weight is 350 g/mol. The number of aromatic carboxylic acids is 1. The molecule has 0 atom stereocenters. The molecule has 5 heteroatoms. The van der Waals surface area contributed by atoms with Crippen LogP contribution in [0.2, 0.25) is 0 Å². The first-order valence-electron chi connectivity index (χ1n) is 9.16. The van der Waals surface area contributed by atoms with Crippen LogP contribution in [0.1, 0.15) is 45.5 Å². The third kappa shape index (κ3) is 3.05. The summed E-state index contributed by atoms with van der Waals surface area (Å²) in [7, 11) is 0. The summed E-state index contributed by atoms with van der Waals surface area (Å²) in [5.41, 5.74) is 4.33. The Balaban J connectivity index is 1.62. The molecule has 2 aromatic carbocycles. The van der Waals surface area contributed by atoms with Crippen molar-refractivity contribution in [2.75, 3.05) is 24.5 Å². The van der Waals surface area contributed by atoms with Crippen molar-refractivity contribution in [1.82, 2.24) is 4.90 Å². The van der Waals surface area contributed by atoms with Gasteiger partial charge in [0.05, 0.1) is 5.56 Å². The Morgan fingerprint density at radius 2 is 1.54 bits per heavy atom. The smallest absolute Gasteiger partial charge is 0.335 e. The van der Waals surface area contributed by atoms with Crippen LogP contribution < -0.4 is 4.90 Å². The molecule has 1 N–H and O–H groups in total. The van der Waals surface area contributed by atoms with E-state index in [0.717, 1.165) is 62.3 Å². The lowest BCUT2D eigenvalue weighted by atomic mass is 9.98. The monoisotopic (exact) mass is 350 g/mol. The topological polar surface area (TPSA) is 60.9 Å². The van der Waals surface area contributed by atoms with E-state index in [1.54, 1.807) is 12.1 Å². The van der Waals surface area contributed by atoms with Crippen molar-refractivity contribution in [3.8, 4) is 0 Å². The summed E-state index contributed by atoms with van der Waals surface area (Å²) in [6, 6.07) is 13.0. The van der Waals surface area contributed by atoms with E-state index in [2.05, 4.69) is 4.90 Å². The number of likely N-dealkylation sites (tertiary alicyclic amines) is 1. The van der Waals surface area contributed by atoms with Crippen LogP contribution in [-0.4, -0.2) is 41.5 Å². The lowest BCUT2D eigenvalue weighted by Crippen LogP contribution is -2.29. The number of carbonyl (C=O) groups is 2. The van der Waals surface area contributed by atoms with Crippen LogP contribution in [0.4, 0.5) is 11.4 Å². The van der Waals surface area contributed by atoms with Crippen LogP contribution in [0, 0.1) is 0 Å². The van der Waals surface area contributed by atoms with Gasteiger partial charge in [-0.3, -0.25) is 4.79 Å².